The fourth-order valence-corrected chi connectivity index (χ4v) is 5.54. The van der Waals surface area contributed by atoms with E-state index in [0.29, 0.717) is 25.3 Å². The second-order valence-corrected chi connectivity index (χ2v) is 10.4. The quantitative estimate of drug-likeness (QED) is 0.668. The maximum Gasteiger partial charge on any atom is 0.243 e. The molecule has 168 valence electrons. The zero-order valence-electron chi connectivity index (χ0n) is 18.5. The number of hydrogen-bond acceptors (Lipinski definition) is 4. The molecule has 1 heterocycles. The monoisotopic (exact) mass is 444 g/mol. The number of carbonyl (C=O) groups is 1. The van der Waals surface area contributed by atoms with Crippen molar-refractivity contribution in [2.24, 2.45) is 11.8 Å². The number of sulfonamides is 1. The number of nitrogens with zero attached hydrogens (tertiary/aromatic N) is 1. The fraction of sp³-hybridized carbons (Fsp3) is 0.458. The third kappa shape index (κ3) is 5.86. The molecule has 2 atom stereocenters. The number of piperidine rings is 1. The minimum absolute atomic E-state index is 0.0885. The molecule has 0 aromatic heterocycles. The molecule has 6 nitrogen and oxygen atoms in total. The van der Waals surface area contributed by atoms with Crippen molar-refractivity contribution in [1.82, 2.24) is 9.62 Å². The number of nitrogens with one attached hydrogen (secondary N) is 1. The van der Waals surface area contributed by atoms with E-state index in [-0.39, 0.29) is 29.3 Å². The molecule has 1 fully saturated rings. The van der Waals surface area contributed by atoms with Gasteiger partial charge in [-0.2, -0.15) is 4.31 Å². The van der Waals surface area contributed by atoms with Crippen LogP contribution in [0.2, 0.25) is 0 Å². The van der Waals surface area contributed by atoms with Crippen LogP contribution in [0.3, 0.4) is 0 Å². The van der Waals surface area contributed by atoms with Crippen LogP contribution in [0.4, 0.5) is 0 Å². The first kappa shape index (κ1) is 23.3. The Labute approximate surface area is 185 Å². The standard InChI is InChI=1S/C24H32N2O4S/c1-18(2)16-23(19-11-13-21(30-3)14-12-19)25-24(27)20-8-7-15-26(17-20)31(28,29)22-9-5-4-6-10-22/h4-6,9-14,18,20,23H,7-8,15-17H2,1-3H3,(H,25,27)/t20-,23+/m0/s1. The molecule has 1 aliphatic rings. The average molecular weight is 445 g/mol. The van der Waals surface area contributed by atoms with Crippen LogP contribution in [0.5, 0.6) is 5.75 Å². The van der Waals surface area contributed by atoms with Crippen molar-refractivity contribution >= 4 is 15.9 Å². The molecule has 0 aliphatic carbocycles. The number of rotatable bonds is 8. The van der Waals surface area contributed by atoms with E-state index in [2.05, 4.69) is 19.2 Å². The number of hydrogen-bond donors (Lipinski definition) is 1. The topological polar surface area (TPSA) is 75.7 Å². The smallest absolute Gasteiger partial charge is 0.243 e. The Balaban J connectivity index is 1.72. The summed E-state index contributed by atoms with van der Waals surface area (Å²) in [6.07, 6.45) is 2.15. The highest BCUT2D eigenvalue weighted by atomic mass is 32.2. The second kappa shape index (κ2) is 10.3. The molecule has 0 radical (unpaired) electrons. The molecule has 2 aromatic carbocycles. The van der Waals surface area contributed by atoms with Gasteiger partial charge in [0.25, 0.3) is 0 Å². The van der Waals surface area contributed by atoms with Crippen LogP contribution < -0.4 is 10.1 Å². The van der Waals surface area contributed by atoms with Crippen LogP contribution in [-0.2, 0) is 14.8 Å². The highest BCUT2D eigenvalue weighted by molar-refractivity contribution is 7.89. The van der Waals surface area contributed by atoms with Gasteiger partial charge in [0.05, 0.1) is 24.0 Å². The van der Waals surface area contributed by atoms with Gasteiger partial charge in [0.1, 0.15) is 5.75 Å². The van der Waals surface area contributed by atoms with Gasteiger partial charge < -0.3 is 10.1 Å². The molecule has 0 saturated carbocycles. The molecule has 1 saturated heterocycles. The lowest BCUT2D eigenvalue weighted by Crippen LogP contribution is -2.46. The summed E-state index contributed by atoms with van der Waals surface area (Å²) in [4.78, 5) is 13.4. The molecular weight excluding hydrogens is 412 g/mol. The Morgan fingerprint density at radius 1 is 1.13 bits per heavy atom. The molecular formula is C24H32N2O4S. The van der Waals surface area contributed by atoms with Crippen molar-refractivity contribution in [2.75, 3.05) is 20.2 Å². The third-order valence-corrected chi connectivity index (χ3v) is 7.56. The Hall–Kier alpha value is -2.38. The molecule has 0 spiro atoms. The van der Waals surface area contributed by atoms with Gasteiger partial charge in [0.2, 0.25) is 15.9 Å². The maximum absolute atomic E-state index is 13.1. The van der Waals surface area contributed by atoms with Gasteiger partial charge in [-0.15, -0.1) is 0 Å². The summed E-state index contributed by atoms with van der Waals surface area (Å²) in [7, 11) is -1.97. The minimum Gasteiger partial charge on any atom is -0.497 e. The van der Waals surface area contributed by atoms with Crippen molar-refractivity contribution in [3.63, 3.8) is 0 Å². The van der Waals surface area contributed by atoms with Gasteiger partial charge >= 0.3 is 0 Å². The summed E-state index contributed by atoms with van der Waals surface area (Å²) < 4.78 is 32.7. The van der Waals surface area contributed by atoms with E-state index < -0.39 is 10.0 Å². The Morgan fingerprint density at radius 3 is 2.42 bits per heavy atom. The van der Waals surface area contributed by atoms with Crippen molar-refractivity contribution in [3.8, 4) is 5.75 Å². The maximum atomic E-state index is 13.1. The van der Waals surface area contributed by atoms with Gasteiger partial charge in [-0.05, 0) is 55.0 Å². The van der Waals surface area contributed by atoms with E-state index in [1.807, 2.05) is 24.3 Å². The SMILES string of the molecule is COc1ccc([C@@H](CC(C)C)NC(=O)[C@H]2CCCN(S(=O)(=O)c3ccccc3)C2)cc1. The summed E-state index contributed by atoms with van der Waals surface area (Å²) >= 11 is 0. The first-order valence-corrected chi connectivity index (χ1v) is 12.2. The van der Waals surface area contributed by atoms with E-state index in [1.54, 1.807) is 37.4 Å². The molecule has 1 amide bonds. The van der Waals surface area contributed by atoms with E-state index in [0.717, 1.165) is 17.7 Å². The number of benzene rings is 2. The highest BCUT2D eigenvalue weighted by Gasteiger charge is 2.34. The van der Waals surface area contributed by atoms with Crippen LogP contribution in [0.1, 0.15) is 44.7 Å². The summed E-state index contributed by atoms with van der Waals surface area (Å²) in [5, 5.41) is 3.18. The van der Waals surface area contributed by atoms with Crippen molar-refractivity contribution in [1.29, 1.82) is 0 Å². The molecule has 1 N–H and O–H groups in total. The second-order valence-electron chi connectivity index (χ2n) is 8.48. The third-order valence-electron chi connectivity index (χ3n) is 5.68. The fourth-order valence-electron chi connectivity index (χ4n) is 3.99. The number of carbonyl (C=O) groups excluding carboxylic acids is 1. The number of ether oxygens (including phenoxy) is 1. The lowest BCUT2D eigenvalue weighted by atomic mass is 9.94. The van der Waals surface area contributed by atoms with E-state index >= 15 is 0 Å². The van der Waals surface area contributed by atoms with Crippen LogP contribution in [0.25, 0.3) is 0 Å². The van der Waals surface area contributed by atoms with Gasteiger partial charge in [-0.25, -0.2) is 8.42 Å². The largest absolute Gasteiger partial charge is 0.497 e. The van der Waals surface area contributed by atoms with Crippen LogP contribution in [0, 0.1) is 11.8 Å². The van der Waals surface area contributed by atoms with E-state index in [9.17, 15) is 13.2 Å². The molecule has 31 heavy (non-hydrogen) atoms. The predicted octanol–water partition coefficient (Wildman–Crippen LogP) is 4.00. The molecule has 0 bridgehead atoms. The minimum atomic E-state index is -3.60. The molecule has 2 aromatic rings. The van der Waals surface area contributed by atoms with Crippen LogP contribution >= 0.6 is 0 Å². The molecule has 7 heteroatoms. The zero-order chi connectivity index (χ0) is 22.4. The molecule has 1 aliphatic heterocycles. The normalized spacial score (nSPS) is 18.5. The first-order valence-electron chi connectivity index (χ1n) is 10.8. The lowest BCUT2D eigenvalue weighted by Gasteiger charge is -2.32. The predicted molar refractivity (Wildman–Crippen MR) is 121 cm³/mol. The van der Waals surface area contributed by atoms with E-state index in [4.69, 9.17) is 4.74 Å². The summed E-state index contributed by atoms with van der Waals surface area (Å²) in [6, 6.07) is 16.0. The number of methoxy groups -OCH3 is 1. The highest BCUT2D eigenvalue weighted by Crippen LogP contribution is 2.27. The zero-order valence-corrected chi connectivity index (χ0v) is 19.3. The summed E-state index contributed by atoms with van der Waals surface area (Å²) in [5.74, 6) is 0.718. The van der Waals surface area contributed by atoms with E-state index in [1.165, 1.54) is 4.31 Å². The number of amides is 1. The summed E-state index contributed by atoms with van der Waals surface area (Å²) in [6.45, 7) is 4.89. The molecule has 3 rings (SSSR count). The van der Waals surface area contributed by atoms with Gasteiger partial charge in [0, 0.05) is 13.1 Å². The van der Waals surface area contributed by atoms with Crippen molar-refractivity contribution in [3.05, 3.63) is 60.2 Å². The van der Waals surface area contributed by atoms with Crippen molar-refractivity contribution in [2.45, 2.75) is 44.0 Å². The lowest BCUT2D eigenvalue weighted by molar-refractivity contribution is -0.127. The first-order chi connectivity index (χ1) is 14.8. The van der Waals surface area contributed by atoms with Gasteiger partial charge in [-0.1, -0.05) is 44.2 Å². The van der Waals surface area contributed by atoms with Crippen LogP contribution in [-0.4, -0.2) is 38.8 Å². The Morgan fingerprint density at radius 2 is 1.81 bits per heavy atom. The Kier molecular flexibility index (Phi) is 7.73. The summed E-state index contributed by atoms with van der Waals surface area (Å²) in [5.41, 5.74) is 1.02. The Bertz CT molecular complexity index is 959. The average Bonchev–Trinajstić information content (AvgIpc) is 2.79. The van der Waals surface area contributed by atoms with Gasteiger partial charge in [-0.3, -0.25) is 4.79 Å². The van der Waals surface area contributed by atoms with Crippen molar-refractivity contribution < 1.29 is 17.9 Å². The molecule has 0 unspecified atom stereocenters. The van der Waals surface area contributed by atoms with Gasteiger partial charge in [0.15, 0.2) is 0 Å². The van der Waals surface area contributed by atoms with Crippen LogP contribution in [0.15, 0.2) is 59.5 Å².